The van der Waals surface area contributed by atoms with Gasteiger partial charge in [-0.2, -0.15) is 10.2 Å². The summed E-state index contributed by atoms with van der Waals surface area (Å²) in [4.78, 5) is 12.3. The molecule has 0 aliphatic heterocycles. The molecule has 28 heavy (non-hydrogen) atoms. The van der Waals surface area contributed by atoms with E-state index in [-0.39, 0.29) is 5.82 Å². The number of hydrazone groups is 1. The fraction of sp³-hybridized carbons (Fsp3) is 0.227. The second-order valence-corrected chi connectivity index (χ2v) is 7.11. The highest BCUT2D eigenvalue weighted by molar-refractivity contribution is 6.00. The van der Waals surface area contributed by atoms with Crippen molar-refractivity contribution in [3.8, 4) is 11.3 Å². The third-order valence-corrected chi connectivity index (χ3v) is 4.30. The number of H-pyrrole nitrogens is 1. The van der Waals surface area contributed by atoms with E-state index in [0.717, 1.165) is 17.5 Å². The van der Waals surface area contributed by atoms with Crippen molar-refractivity contribution in [1.29, 1.82) is 0 Å². The fourth-order valence-electron chi connectivity index (χ4n) is 2.82. The van der Waals surface area contributed by atoms with Crippen LogP contribution >= 0.6 is 0 Å². The Morgan fingerprint density at radius 3 is 2.46 bits per heavy atom. The van der Waals surface area contributed by atoms with Gasteiger partial charge in [0.25, 0.3) is 5.91 Å². The van der Waals surface area contributed by atoms with Crippen molar-refractivity contribution < 1.29 is 9.18 Å². The second kappa shape index (κ2) is 8.61. The Morgan fingerprint density at radius 2 is 1.82 bits per heavy atom. The molecule has 0 atom stereocenters. The maximum Gasteiger partial charge on any atom is 0.289 e. The van der Waals surface area contributed by atoms with Crippen LogP contribution in [-0.2, 0) is 6.42 Å². The van der Waals surface area contributed by atoms with Crippen LogP contribution in [0, 0.1) is 11.7 Å². The van der Waals surface area contributed by atoms with Gasteiger partial charge >= 0.3 is 0 Å². The van der Waals surface area contributed by atoms with E-state index in [4.69, 9.17) is 0 Å². The number of halogens is 1. The molecule has 0 unspecified atom stereocenters. The van der Waals surface area contributed by atoms with Crippen LogP contribution in [0.3, 0.4) is 0 Å². The average Bonchev–Trinajstić information content (AvgIpc) is 3.17. The number of hydrogen-bond acceptors (Lipinski definition) is 3. The summed E-state index contributed by atoms with van der Waals surface area (Å²) in [6.45, 7) is 6.12. The first-order valence-electron chi connectivity index (χ1n) is 9.17. The summed E-state index contributed by atoms with van der Waals surface area (Å²) in [6.07, 6.45) is 1.03. The van der Waals surface area contributed by atoms with Gasteiger partial charge in [-0.15, -0.1) is 0 Å². The second-order valence-electron chi connectivity index (χ2n) is 7.11. The lowest BCUT2D eigenvalue weighted by molar-refractivity contribution is 0.0950. The van der Waals surface area contributed by atoms with Crippen LogP contribution in [0.5, 0.6) is 0 Å². The Balaban J connectivity index is 1.66. The van der Waals surface area contributed by atoms with Crippen LogP contribution in [0.2, 0.25) is 0 Å². The smallest absolute Gasteiger partial charge is 0.272 e. The van der Waals surface area contributed by atoms with E-state index < -0.39 is 5.91 Å². The number of aromatic nitrogens is 2. The Labute approximate surface area is 163 Å². The Hall–Kier alpha value is -3.28. The zero-order chi connectivity index (χ0) is 20.1. The normalized spacial score (nSPS) is 11.7. The maximum atomic E-state index is 13.0. The largest absolute Gasteiger partial charge is 0.289 e. The van der Waals surface area contributed by atoms with Crippen molar-refractivity contribution in [2.45, 2.75) is 27.2 Å². The SMILES string of the molecule is CC(=NNC(=O)c1cc(-c2ccc(CC(C)C)cc2)n[nH]1)c1ccc(F)cc1. The third kappa shape index (κ3) is 4.91. The Kier molecular flexibility index (Phi) is 5.99. The average molecular weight is 378 g/mol. The number of aromatic amines is 1. The van der Waals surface area contributed by atoms with Gasteiger partial charge in [0.15, 0.2) is 0 Å². The summed E-state index contributed by atoms with van der Waals surface area (Å²) < 4.78 is 13.0. The lowest BCUT2D eigenvalue weighted by Crippen LogP contribution is -2.19. The number of hydrogen-bond donors (Lipinski definition) is 2. The van der Waals surface area contributed by atoms with Crippen LogP contribution in [0.25, 0.3) is 11.3 Å². The molecule has 3 rings (SSSR count). The minimum atomic E-state index is -0.392. The zero-order valence-electron chi connectivity index (χ0n) is 16.2. The van der Waals surface area contributed by atoms with Gasteiger partial charge in [-0.25, -0.2) is 9.82 Å². The molecule has 1 heterocycles. The minimum Gasteiger partial charge on any atom is -0.272 e. The van der Waals surface area contributed by atoms with Crippen LogP contribution in [0.4, 0.5) is 4.39 Å². The Morgan fingerprint density at radius 1 is 1.14 bits per heavy atom. The van der Waals surface area contributed by atoms with Crippen molar-refractivity contribution >= 4 is 11.6 Å². The molecule has 0 fully saturated rings. The molecule has 0 radical (unpaired) electrons. The zero-order valence-corrected chi connectivity index (χ0v) is 16.2. The van der Waals surface area contributed by atoms with Crippen molar-refractivity contribution in [2.75, 3.05) is 0 Å². The molecule has 0 saturated heterocycles. The van der Waals surface area contributed by atoms with Crippen LogP contribution in [0.1, 0.15) is 42.4 Å². The first-order valence-corrected chi connectivity index (χ1v) is 9.17. The fourth-order valence-corrected chi connectivity index (χ4v) is 2.82. The number of nitrogens with one attached hydrogen (secondary N) is 2. The molecular formula is C22H23FN4O. The molecular weight excluding hydrogens is 355 g/mol. The number of carbonyl (C=O) groups excluding carboxylic acids is 1. The first kappa shape index (κ1) is 19.5. The monoisotopic (exact) mass is 378 g/mol. The molecule has 2 N–H and O–H groups in total. The topological polar surface area (TPSA) is 70.1 Å². The van der Waals surface area contributed by atoms with Gasteiger partial charge in [0, 0.05) is 5.56 Å². The van der Waals surface area contributed by atoms with Gasteiger partial charge in [0.1, 0.15) is 11.5 Å². The molecule has 144 valence electrons. The summed E-state index contributed by atoms with van der Waals surface area (Å²) in [5.74, 6) is -0.107. The van der Waals surface area contributed by atoms with E-state index in [1.165, 1.54) is 17.7 Å². The summed E-state index contributed by atoms with van der Waals surface area (Å²) in [6, 6.07) is 15.8. The standard InChI is InChI=1S/C22H23FN4O/c1-14(2)12-16-4-6-18(7-5-16)20-13-21(26-25-20)22(28)27-24-15(3)17-8-10-19(23)11-9-17/h4-11,13-14H,12H2,1-3H3,(H,25,26)(H,27,28). The summed E-state index contributed by atoms with van der Waals surface area (Å²) in [5.41, 5.74) is 7.03. The quantitative estimate of drug-likeness (QED) is 0.487. The molecule has 3 aromatic rings. The maximum absolute atomic E-state index is 13.0. The highest BCUT2D eigenvalue weighted by Crippen LogP contribution is 2.19. The van der Waals surface area contributed by atoms with Gasteiger partial charge in [0.05, 0.1) is 11.4 Å². The molecule has 0 bridgehead atoms. The molecule has 0 aliphatic rings. The highest BCUT2D eigenvalue weighted by atomic mass is 19.1. The van der Waals surface area contributed by atoms with Gasteiger partial charge in [-0.1, -0.05) is 50.2 Å². The van der Waals surface area contributed by atoms with Crippen molar-refractivity contribution in [3.63, 3.8) is 0 Å². The first-order chi connectivity index (χ1) is 13.4. The lowest BCUT2D eigenvalue weighted by atomic mass is 10.0. The summed E-state index contributed by atoms with van der Waals surface area (Å²) >= 11 is 0. The minimum absolute atomic E-state index is 0.317. The molecule has 1 amide bonds. The molecule has 0 saturated carbocycles. The van der Waals surface area contributed by atoms with Crippen LogP contribution in [-0.4, -0.2) is 21.8 Å². The van der Waals surface area contributed by atoms with E-state index in [2.05, 4.69) is 46.7 Å². The van der Waals surface area contributed by atoms with E-state index in [0.29, 0.717) is 23.0 Å². The van der Waals surface area contributed by atoms with Crippen LogP contribution < -0.4 is 5.43 Å². The lowest BCUT2D eigenvalue weighted by Gasteiger charge is -2.05. The summed E-state index contributed by atoms with van der Waals surface area (Å²) in [5, 5.41) is 11.0. The van der Waals surface area contributed by atoms with Crippen LogP contribution in [0.15, 0.2) is 59.7 Å². The number of carbonyl (C=O) groups is 1. The number of nitrogens with zero attached hydrogens (tertiary/aromatic N) is 2. The van der Waals surface area contributed by atoms with Gasteiger partial charge in [0.2, 0.25) is 0 Å². The Bertz CT molecular complexity index is 973. The van der Waals surface area contributed by atoms with Crippen molar-refractivity contribution in [1.82, 2.24) is 15.6 Å². The van der Waals surface area contributed by atoms with Gasteiger partial charge in [-0.3, -0.25) is 9.89 Å². The molecule has 1 aromatic heterocycles. The molecule has 5 nitrogen and oxygen atoms in total. The molecule has 0 aliphatic carbocycles. The van der Waals surface area contributed by atoms with E-state index >= 15 is 0 Å². The van der Waals surface area contributed by atoms with E-state index in [9.17, 15) is 9.18 Å². The number of amides is 1. The summed E-state index contributed by atoms with van der Waals surface area (Å²) in [7, 11) is 0. The van der Waals surface area contributed by atoms with E-state index in [1.54, 1.807) is 25.1 Å². The molecule has 0 spiro atoms. The van der Waals surface area contributed by atoms with Gasteiger partial charge in [-0.05, 0) is 48.6 Å². The predicted octanol–water partition coefficient (Wildman–Crippen LogP) is 4.57. The van der Waals surface area contributed by atoms with Crippen molar-refractivity contribution in [3.05, 3.63) is 77.2 Å². The molecule has 2 aromatic carbocycles. The third-order valence-electron chi connectivity index (χ3n) is 4.30. The highest BCUT2D eigenvalue weighted by Gasteiger charge is 2.11. The number of rotatable bonds is 6. The van der Waals surface area contributed by atoms with E-state index in [1.807, 2.05) is 12.1 Å². The molecule has 6 heteroatoms. The number of benzene rings is 2. The van der Waals surface area contributed by atoms with Gasteiger partial charge < -0.3 is 0 Å². The van der Waals surface area contributed by atoms with Crippen molar-refractivity contribution in [2.24, 2.45) is 11.0 Å². The predicted molar refractivity (Wildman–Crippen MR) is 109 cm³/mol.